The van der Waals surface area contributed by atoms with Crippen molar-refractivity contribution in [1.29, 1.82) is 0 Å². The first-order chi connectivity index (χ1) is 10.1. The fourth-order valence-electron chi connectivity index (χ4n) is 3.15. The predicted molar refractivity (Wildman–Crippen MR) is 86.8 cm³/mol. The van der Waals surface area contributed by atoms with Gasteiger partial charge in [0.15, 0.2) is 0 Å². The zero-order valence-corrected chi connectivity index (χ0v) is 13.4. The molecule has 1 aliphatic rings. The topological polar surface area (TPSA) is 70.1 Å². The molecule has 21 heavy (non-hydrogen) atoms. The minimum Gasteiger partial charge on any atom is -0.394 e. The van der Waals surface area contributed by atoms with Crippen LogP contribution >= 0.6 is 0 Å². The third-order valence-electron chi connectivity index (χ3n) is 4.30. The molecule has 1 saturated carbocycles. The minimum absolute atomic E-state index is 0.158. The maximum absolute atomic E-state index is 9.88. The van der Waals surface area contributed by atoms with Crippen molar-refractivity contribution in [2.24, 2.45) is 0 Å². The van der Waals surface area contributed by atoms with Crippen LogP contribution in [0.15, 0.2) is 6.33 Å². The summed E-state index contributed by atoms with van der Waals surface area (Å²) in [5.74, 6) is 2.09. The molecule has 3 N–H and O–H groups in total. The van der Waals surface area contributed by atoms with Crippen LogP contribution in [0.5, 0.6) is 0 Å². The van der Waals surface area contributed by atoms with Crippen LogP contribution in [0.1, 0.15) is 64.4 Å². The molecule has 0 radical (unpaired) electrons. The largest absolute Gasteiger partial charge is 0.394 e. The molecule has 1 aromatic heterocycles. The highest BCUT2D eigenvalue weighted by atomic mass is 16.3. The smallest absolute Gasteiger partial charge is 0.135 e. The predicted octanol–water partition coefficient (Wildman–Crippen LogP) is 3.14. The summed E-state index contributed by atoms with van der Waals surface area (Å²) in [6, 6.07) is 0. The van der Waals surface area contributed by atoms with Crippen molar-refractivity contribution in [1.82, 2.24) is 9.97 Å². The molecule has 1 aliphatic carbocycles. The van der Waals surface area contributed by atoms with Crippen LogP contribution in [0.2, 0.25) is 0 Å². The van der Waals surface area contributed by atoms with E-state index in [1.165, 1.54) is 6.42 Å². The number of hydrogen-bond donors (Lipinski definition) is 3. The number of hydrogen-bond acceptors (Lipinski definition) is 5. The van der Waals surface area contributed by atoms with Crippen LogP contribution in [0.3, 0.4) is 0 Å². The van der Waals surface area contributed by atoms with Crippen LogP contribution in [-0.4, -0.2) is 33.8 Å². The zero-order valence-electron chi connectivity index (χ0n) is 13.4. The van der Waals surface area contributed by atoms with Crippen molar-refractivity contribution in [2.75, 3.05) is 23.8 Å². The third-order valence-corrected chi connectivity index (χ3v) is 4.30. The Labute approximate surface area is 127 Å². The Kier molecular flexibility index (Phi) is 5.39. The minimum atomic E-state index is -0.222. The molecule has 0 spiro atoms. The average Bonchev–Trinajstić information content (AvgIpc) is 2.48. The first-order valence-electron chi connectivity index (χ1n) is 8.09. The Bertz CT molecular complexity index is 456. The monoisotopic (exact) mass is 292 g/mol. The maximum atomic E-state index is 9.88. The molecule has 1 fully saturated rings. The number of nitrogens with zero attached hydrogens (tertiary/aromatic N) is 2. The fourth-order valence-corrected chi connectivity index (χ4v) is 3.15. The van der Waals surface area contributed by atoms with Crippen molar-refractivity contribution in [3.63, 3.8) is 0 Å². The van der Waals surface area contributed by atoms with Crippen LogP contribution < -0.4 is 10.6 Å². The molecule has 0 saturated heterocycles. The number of aromatic nitrogens is 2. The van der Waals surface area contributed by atoms with Gasteiger partial charge in [0.2, 0.25) is 0 Å². The third kappa shape index (κ3) is 3.64. The highest BCUT2D eigenvalue weighted by Gasteiger charge is 2.32. The van der Waals surface area contributed by atoms with Crippen LogP contribution in [0.4, 0.5) is 11.6 Å². The molecular weight excluding hydrogens is 264 g/mol. The molecular formula is C16H28N4O. The van der Waals surface area contributed by atoms with E-state index < -0.39 is 0 Å². The lowest BCUT2D eigenvalue weighted by Gasteiger charge is -2.37. The van der Waals surface area contributed by atoms with Gasteiger partial charge in [0, 0.05) is 12.1 Å². The Morgan fingerprint density at radius 2 is 1.86 bits per heavy atom. The van der Waals surface area contributed by atoms with E-state index in [4.69, 9.17) is 0 Å². The van der Waals surface area contributed by atoms with E-state index in [0.717, 1.165) is 49.4 Å². The van der Waals surface area contributed by atoms with Gasteiger partial charge in [-0.2, -0.15) is 0 Å². The van der Waals surface area contributed by atoms with E-state index in [2.05, 4.69) is 41.4 Å². The molecule has 1 aromatic rings. The van der Waals surface area contributed by atoms with Gasteiger partial charge in [-0.25, -0.2) is 9.97 Å². The molecule has 5 nitrogen and oxygen atoms in total. The number of nitrogens with one attached hydrogen (secondary N) is 2. The summed E-state index contributed by atoms with van der Waals surface area (Å²) in [4.78, 5) is 8.82. The number of anilines is 2. The lowest BCUT2D eigenvalue weighted by Crippen LogP contribution is -2.44. The summed E-state index contributed by atoms with van der Waals surface area (Å²) in [5, 5.41) is 16.7. The standard InChI is InChI=1S/C16H28N4O/c1-4-17-14-13(12(2)3)15(19-11-18-14)20-16(10-21)8-6-5-7-9-16/h11-12,21H,4-10H2,1-3H3,(H2,17,18,19,20). The second kappa shape index (κ2) is 7.07. The number of aliphatic hydroxyl groups excluding tert-OH is 1. The molecule has 0 bridgehead atoms. The van der Waals surface area contributed by atoms with Gasteiger partial charge in [-0.1, -0.05) is 33.1 Å². The van der Waals surface area contributed by atoms with Crippen molar-refractivity contribution in [2.45, 2.75) is 64.3 Å². The van der Waals surface area contributed by atoms with Gasteiger partial charge in [0.05, 0.1) is 12.1 Å². The lowest BCUT2D eigenvalue weighted by atomic mass is 9.82. The summed E-state index contributed by atoms with van der Waals surface area (Å²) in [6.07, 6.45) is 7.18. The summed E-state index contributed by atoms with van der Waals surface area (Å²) in [7, 11) is 0. The van der Waals surface area contributed by atoms with E-state index in [9.17, 15) is 5.11 Å². The molecule has 0 unspecified atom stereocenters. The highest BCUT2D eigenvalue weighted by Crippen LogP contribution is 2.35. The van der Waals surface area contributed by atoms with Crippen LogP contribution in [0, 0.1) is 0 Å². The SMILES string of the molecule is CCNc1ncnc(NC2(CO)CCCCC2)c1C(C)C. The summed E-state index contributed by atoms with van der Waals surface area (Å²) in [5.41, 5.74) is 0.887. The highest BCUT2D eigenvalue weighted by molar-refractivity contribution is 5.60. The Balaban J connectivity index is 2.31. The van der Waals surface area contributed by atoms with Gasteiger partial charge in [0.25, 0.3) is 0 Å². The molecule has 2 rings (SSSR count). The Morgan fingerprint density at radius 1 is 1.19 bits per heavy atom. The van der Waals surface area contributed by atoms with Crippen molar-refractivity contribution >= 4 is 11.6 Å². The molecule has 0 aliphatic heterocycles. The second-order valence-electron chi connectivity index (χ2n) is 6.29. The summed E-state index contributed by atoms with van der Waals surface area (Å²) < 4.78 is 0. The fraction of sp³-hybridized carbons (Fsp3) is 0.750. The van der Waals surface area contributed by atoms with Gasteiger partial charge < -0.3 is 15.7 Å². The van der Waals surface area contributed by atoms with E-state index >= 15 is 0 Å². The molecule has 118 valence electrons. The first kappa shape index (κ1) is 16.0. The quantitative estimate of drug-likeness (QED) is 0.751. The summed E-state index contributed by atoms with van der Waals surface area (Å²) >= 11 is 0. The first-order valence-corrected chi connectivity index (χ1v) is 8.09. The molecule has 0 amide bonds. The van der Waals surface area contributed by atoms with Crippen LogP contribution in [0.25, 0.3) is 0 Å². The van der Waals surface area contributed by atoms with Crippen molar-refractivity contribution in [3.8, 4) is 0 Å². The summed E-state index contributed by atoms with van der Waals surface area (Å²) in [6.45, 7) is 7.36. The lowest BCUT2D eigenvalue weighted by molar-refractivity contribution is 0.172. The van der Waals surface area contributed by atoms with E-state index in [-0.39, 0.29) is 12.1 Å². The molecule has 0 atom stereocenters. The Morgan fingerprint density at radius 3 is 2.43 bits per heavy atom. The van der Waals surface area contributed by atoms with Gasteiger partial charge in [0.1, 0.15) is 18.0 Å². The van der Waals surface area contributed by atoms with Gasteiger partial charge >= 0.3 is 0 Å². The average molecular weight is 292 g/mol. The normalized spacial score (nSPS) is 17.8. The van der Waals surface area contributed by atoms with Gasteiger partial charge in [-0.05, 0) is 25.7 Å². The van der Waals surface area contributed by atoms with E-state index in [1.54, 1.807) is 6.33 Å². The van der Waals surface area contributed by atoms with Crippen molar-refractivity contribution in [3.05, 3.63) is 11.9 Å². The van der Waals surface area contributed by atoms with Crippen molar-refractivity contribution < 1.29 is 5.11 Å². The number of rotatable bonds is 6. The van der Waals surface area contributed by atoms with Crippen LogP contribution in [-0.2, 0) is 0 Å². The molecule has 5 heteroatoms. The number of aliphatic hydroxyl groups is 1. The van der Waals surface area contributed by atoms with E-state index in [0.29, 0.717) is 5.92 Å². The zero-order chi connectivity index (χ0) is 15.3. The van der Waals surface area contributed by atoms with E-state index in [1.807, 2.05) is 0 Å². The Hall–Kier alpha value is -1.36. The van der Waals surface area contributed by atoms with Gasteiger partial charge in [-0.15, -0.1) is 0 Å². The molecule has 1 heterocycles. The second-order valence-corrected chi connectivity index (χ2v) is 6.29. The van der Waals surface area contributed by atoms with Gasteiger partial charge in [-0.3, -0.25) is 0 Å². The maximum Gasteiger partial charge on any atom is 0.135 e. The molecule has 0 aromatic carbocycles.